The maximum absolute atomic E-state index is 13.2. The van der Waals surface area contributed by atoms with Gasteiger partial charge in [0.05, 0.1) is 0 Å². The van der Waals surface area contributed by atoms with E-state index in [4.69, 9.17) is 4.74 Å². The summed E-state index contributed by atoms with van der Waals surface area (Å²) in [5.41, 5.74) is 1.55. The summed E-state index contributed by atoms with van der Waals surface area (Å²) >= 11 is 0. The standard InChI is InChI=1S/C15H17FN2O/c1-3-17-9-12-10-18-7-6-15(12)19-13-4-5-14(16)11(2)8-13/h4-8,10,17H,3,9H2,1-2H3. The first-order chi connectivity index (χ1) is 9.20. The zero-order valence-electron chi connectivity index (χ0n) is 11.1. The molecule has 0 atom stereocenters. The van der Waals surface area contributed by atoms with Gasteiger partial charge < -0.3 is 10.1 Å². The fourth-order valence-electron chi connectivity index (χ4n) is 1.71. The highest BCUT2D eigenvalue weighted by atomic mass is 19.1. The van der Waals surface area contributed by atoms with Gasteiger partial charge in [0.25, 0.3) is 0 Å². The first kappa shape index (κ1) is 13.5. The van der Waals surface area contributed by atoms with Crippen molar-refractivity contribution in [2.45, 2.75) is 20.4 Å². The molecule has 3 nitrogen and oxygen atoms in total. The number of ether oxygens (including phenoxy) is 1. The Morgan fingerprint density at radius 2 is 2.16 bits per heavy atom. The molecule has 100 valence electrons. The summed E-state index contributed by atoms with van der Waals surface area (Å²) in [6, 6.07) is 6.54. The molecular weight excluding hydrogens is 243 g/mol. The Kier molecular flexibility index (Phi) is 4.47. The van der Waals surface area contributed by atoms with Gasteiger partial charge in [-0.15, -0.1) is 0 Å². The molecule has 0 saturated carbocycles. The lowest BCUT2D eigenvalue weighted by Gasteiger charge is -2.11. The fraction of sp³-hybridized carbons (Fsp3) is 0.267. The average molecular weight is 260 g/mol. The van der Waals surface area contributed by atoms with E-state index in [1.165, 1.54) is 6.07 Å². The summed E-state index contributed by atoms with van der Waals surface area (Å²) in [6.45, 7) is 5.33. The number of aryl methyl sites for hydroxylation is 1. The fourth-order valence-corrected chi connectivity index (χ4v) is 1.71. The predicted octanol–water partition coefficient (Wildman–Crippen LogP) is 3.43. The normalized spacial score (nSPS) is 10.5. The molecule has 0 aliphatic rings. The number of nitrogens with one attached hydrogen (secondary N) is 1. The summed E-state index contributed by atoms with van der Waals surface area (Å²) in [5.74, 6) is 1.14. The number of rotatable bonds is 5. The van der Waals surface area contributed by atoms with Gasteiger partial charge in [-0.3, -0.25) is 4.98 Å². The van der Waals surface area contributed by atoms with Crippen LogP contribution in [0.15, 0.2) is 36.7 Å². The molecule has 0 aliphatic heterocycles. The number of halogens is 1. The lowest BCUT2D eigenvalue weighted by molar-refractivity contribution is 0.469. The van der Waals surface area contributed by atoms with E-state index in [9.17, 15) is 4.39 Å². The lowest BCUT2D eigenvalue weighted by atomic mass is 10.2. The molecular formula is C15H17FN2O. The molecule has 4 heteroatoms. The molecule has 0 fully saturated rings. The third-order valence-corrected chi connectivity index (χ3v) is 2.78. The second-order valence-electron chi connectivity index (χ2n) is 4.28. The monoisotopic (exact) mass is 260 g/mol. The molecule has 0 bridgehead atoms. The number of hydrogen-bond acceptors (Lipinski definition) is 3. The van der Waals surface area contributed by atoms with E-state index in [0.717, 1.165) is 17.9 Å². The smallest absolute Gasteiger partial charge is 0.134 e. The van der Waals surface area contributed by atoms with Crippen molar-refractivity contribution in [1.82, 2.24) is 10.3 Å². The summed E-state index contributed by atoms with van der Waals surface area (Å²) in [6.07, 6.45) is 3.45. The highest BCUT2D eigenvalue weighted by Gasteiger charge is 2.06. The summed E-state index contributed by atoms with van der Waals surface area (Å²) < 4.78 is 19.0. The zero-order valence-corrected chi connectivity index (χ0v) is 11.1. The molecule has 0 saturated heterocycles. The molecule has 1 N–H and O–H groups in total. The molecule has 1 aromatic heterocycles. The molecule has 0 amide bonds. The van der Waals surface area contributed by atoms with Crippen molar-refractivity contribution in [3.8, 4) is 11.5 Å². The Balaban J connectivity index is 2.20. The number of pyridine rings is 1. The van der Waals surface area contributed by atoms with E-state index in [0.29, 0.717) is 17.9 Å². The molecule has 2 rings (SSSR count). The molecule has 19 heavy (non-hydrogen) atoms. The molecule has 0 aliphatic carbocycles. The van der Waals surface area contributed by atoms with Gasteiger partial charge in [-0.25, -0.2) is 4.39 Å². The van der Waals surface area contributed by atoms with Crippen molar-refractivity contribution in [1.29, 1.82) is 0 Å². The van der Waals surface area contributed by atoms with Crippen LogP contribution in [0.1, 0.15) is 18.1 Å². The highest BCUT2D eigenvalue weighted by Crippen LogP contribution is 2.25. The van der Waals surface area contributed by atoms with Gasteiger partial charge in [-0.2, -0.15) is 0 Å². The minimum atomic E-state index is -0.227. The second-order valence-corrected chi connectivity index (χ2v) is 4.28. The van der Waals surface area contributed by atoms with E-state index in [-0.39, 0.29) is 5.82 Å². The summed E-state index contributed by atoms with van der Waals surface area (Å²) in [5, 5.41) is 3.23. The molecule has 0 unspecified atom stereocenters. The predicted molar refractivity (Wildman–Crippen MR) is 72.8 cm³/mol. The SMILES string of the molecule is CCNCc1cnccc1Oc1ccc(F)c(C)c1. The third-order valence-electron chi connectivity index (χ3n) is 2.78. The maximum Gasteiger partial charge on any atom is 0.134 e. The van der Waals surface area contributed by atoms with Crippen LogP contribution in [-0.2, 0) is 6.54 Å². The van der Waals surface area contributed by atoms with Crippen molar-refractivity contribution in [2.75, 3.05) is 6.54 Å². The van der Waals surface area contributed by atoms with Crippen LogP contribution >= 0.6 is 0 Å². The third kappa shape index (κ3) is 3.51. The largest absolute Gasteiger partial charge is 0.457 e. The van der Waals surface area contributed by atoms with E-state index < -0.39 is 0 Å². The van der Waals surface area contributed by atoms with E-state index in [2.05, 4.69) is 10.3 Å². The Bertz CT molecular complexity index is 558. The molecule has 1 heterocycles. The van der Waals surface area contributed by atoms with Crippen LogP contribution in [0.5, 0.6) is 11.5 Å². The molecule has 1 aromatic carbocycles. The van der Waals surface area contributed by atoms with Crippen molar-refractivity contribution in [3.05, 3.63) is 53.6 Å². The van der Waals surface area contributed by atoms with Gasteiger partial charge in [-0.05, 0) is 43.3 Å². The summed E-state index contributed by atoms with van der Waals surface area (Å²) in [7, 11) is 0. The van der Waals surface area contributed by atoms with Crippen LogP contribution in [0.25, 0.3) is 0 Å². The van der Waals surface area contributed by atoms with Crippen LogP contribution < -0.4 is 10.1 Å². The lowest BCUT2D eigenvalue weighted by Crippen LogP contribution is -2.12. The Labute approximate surface area is 112 Å². The van der Waals surface area contributed by atoms with Crippen LogP contribution in [-0.4, -0.2) is 11.5 Å². The van der Waals surface area contributed by atoms with Crippen LogP contribution in [0, 0.1) is 12.7 Å². The molecule has 0 spiro atoms. The average Bonchev–Trinajstić information content (AvgIpc) is 2.42. The number of hydrogen-bond donors (Lipinski definition) is 1. The van der Waals surface area contributed by atoms with Crippen LogP contribution in [0.3, 0.4) is 0 Å². The topological polar surface area (TPSA) is 34.2 Å². The minimum Gasteiger partial charge on any atom is -0.457 e. The van der Waals surface area contributed by atoms with Gasteiger partial charge in [0.1, 0.15) is 17.3 Å². The molecule has 2 aromatic rings. The first-order valence-corrected chi connectivity index (χ1v) is 6.28. The van der Waals surface area contributed by atoms with Crippen molar-refractivity contribution in [2.24, 2.45) is 0 Å². The quantitative estimate of drug-likeness (QED) is 0.894. The molecule has 0 radical (unpaired) electrons. The van der Waals surface area contributed by atoms with E-state index in [1.54, 1.807) is 31.5 Å². The van der Waals surface area contributed by atoms with Crippen LogP contribution in [0.4, 0.5) is 4.39 Å². The van der Waals surface area contributed by atoms with Gasteiger partial charge in [0.15, 0.2) is 0 Å². The van der Waals surface area contributed by atoms with Gasteiger partial charge in [-0.1, -0.05) is 6.92 Å². The first-order valence-electron chi connectivity index (χ1n) is 6.28. The van der Waals surface area contributed by atoms with E-state index >= 15 is 0 Å². The number of aromatic nitrogens is 1. The Morgan fingerprint density at radius 3 is 2.89 bits per heavy atom. The Hall–Kier alpha value is -1.94. The maximum atomic E-state index is 13.2. The Morgan fingerprint density at radius 1 is 1.32 bits per heavy atom. The van der Waals surface area contributed by atoms with Crippen molar-refractivity contribution < 1.29 is 9.13 Å². The van der Waals surface area contributed by atoms with Gasteiger partial charge in [0.2, 0.25) is 0 Å². The van der Waals surface area contributed by atoms with Gasteiger partial charge >= 0.3 is 0 Å². The summed E-state index contributed by atoms with van der Waals surface area (Å²) in [4.78, 5) is 4.09. The second kappa shape index (κ2) is 6.29. The van der Waals surface area contributed by atoms with Crippen LogP contribution in [0.2, 0.25) is 0 Å². The van der Waals surface area contributed by atoms with E-state index in [1.807, 2.05) is 13.0 Å². The zero-order chi connectivity index (χ0) is 13.7. The number of benzene rings is 1. The minimum absolute atomic E-state index is 0.227. The highest BCUT2D eigenvalue weighted by molar-refractivity contribution is 5.37. The number of nitrogens with zero attached hydrogens (tertiary/aromatic N) is 1. The van der Waals surface area contributed by atoms with Crippen molar-refractivity contribution >= 4 is 0 Å². The van der Waals surface area contributed by atoms with Crippen molar-refractivity contribution in [3.63, 3.8) is 0 Å². The van der Waals surface area contributed by atoms with Gasteiger partial charge in [0, 0.05) is 24.5 Å².